The molecule has 2 aromatic carbocycles. The maximum atomic E-state index is 11.6. The molecular weight excluding hydrogens is 298 g/mol. The highest BCUT2D eigenvalue weighted by molar-refractivity contribution is 5.84. The van der Waals surface area contributed by atoms with Gasteiger partial charge in [0.05, 0.1) is 6.61 Å². The molecular formula is C21H23NO2. The number of hydrogen-bond acceptors (Lipinski definition) is 2. The zero-order valence-corrected chi connectivity index (χ0v) is 14.2. The highest BCUT2D eigenvalue weighted by Gasteiger charge is 2.32. The van der Waals surface area contributed by atoms with Gasteiger partial charge in [0.1, 0.15) is 5.75 Å². The van der Waals surface area contributed by atoms with E-state index < -0.39 is 0 Å². The smallest absolute Gasteiger partial charge is 0.218 e. The van der Waals surface area contributed by atoms with Gasteiger partial charge in [0.2, 0.25) is 5.91 Å². The normalized spacial score (nSPS) is 16.2. The third-order valence-electron chi connectivity index (χ3n) is 4.67. The molecule has 3 rings (SSSR count). The van der Waals surface area contributed by atoms with Crippen molar-refractivity contribution in [2.45, 2.75) is 32.6 Å². The molecule has 0 bridgehead atoms. The summed E-state index contributed by atoms with van der Waals surface area (Å²) in [5.41, 5.74) is 11.6. The molecule has 3 nitrogen and oxygen atoms in total. The zero-order valence-electron chi connectivity index (χ0n) is 14.2. The SMILES string of the molecule is CCOc1cccc2c1C(CC(N)=O)C(C)=C2Cc1ccccc1. The van der Waals surface area contributed by atoms with Gasteiger partial charge in [0, 0.05) is 17.9 Å². The van der Waals surface area contributed by atoms with Crippen LogP contribution in [0.1, 0.15) is 42.9 Å². The fraction of sp³-hybridized carbons (Fsp3) is 0.286. The van der Waals surface area contributed by atoms with E-state index in [0.717, 1.165) is 17.7 Å². The fourth-order valence-corrected chi connectivity index (χ4v) is 3.58. The van der Waals surface area contributed by atoms with Crippen LogP contribution in [0.2, 0.25) is 0 Å². The summed E-state index contributed by atoms with van der Waals surface area (Å²) in [5, 5.41) is 0. The Morgan fingerprint density at radius 1 is 1.12 bits per heavy atom. The molecule has 0 radical (unpaired) electrons. The molecule has 0 saturated heterocycles. The number of carbonyl (C=O) groups excluding carboxylic acids is 1. The average Bonchev–Trinajstić information content (AvgIpc) is 2.82. The second-order valence-electron chi connectivity index (χ2n) is 6.20. The Morgan fingerprint density at radius 3 is 2.54 bits per heavy atom. The van der Waals surface area contributed by atoms with Crippen molar-refractivity contribution in [1.29, 1.82) is 0 Å². The first-order valence-electron chi connectivity index (χ1n) is 8.39. The molecule has 124 valence electrons. The Morgan fingerprint density at radius 2 is 1.88 bits per heavy atom. The summed E-state index contributed by atoms with van der Waals surface area (Å²) < 4.78 is 5.83. The predicted molar refractivity (Wildman–Crippen MR) is 96.9 cm³/mol. The second-order valence-corrected chi connectivity index (χ2v) is 6.20. The van der Waals surface area contributed by atoms with E-state index in [0.29, 0.717) is 13.0 Å². The Hall–Kier alpha value is -2.55. The number of allylic oxidation sites excluding steroid dienone is 2. The van der Waals surface area contributed by atoms with Crippen LogP contribution in [0.3, 0.4) is 0 Å². The predicted octanol–water partition coefficient (Wildman–Crippen LogP) is 4.07. The molecule has 2 aromatic rings. The van der Waals surface area contributed by atoms with Gasteiger partial charge in [-0.05, 0) is 43.0 Å². The van der Waals surface area contributed by atoms with Crippen LogP contribution in [0.15, 0.2) is 54.1 Å². The maximum Gasteiger partial charge on any atom is 0.218 e. The van der Waals surface area contributed by atoms with Crippen molar-refractivity contribution in [1.82, 2.24) is 0 Å². The number of hydrogen-bond donors (Lipinski definition) is 1. The van der Waals surface area contributed by atoms with Gasteiger partial charge in [-0.15, -0.1) is 0 Å². The topological polar surface area (TPSA) is 52.3 Å². The van der Waals surface area contributed by atoms with E-state index in [1.54, 1.807) is 0 Å². The van der Waals surface area contributed by atoms with E-state index in [-0.39, 0.29) is 11.8 Å². The Kier molecular flexibility index (Phi) is 4.70. The minimum Gasteiger partial charge on any atom is -0.494 e. The van der Waals surface area contributed by atoms with E-state index in [2.05, 4.69) is 37.3 Å². The number of carbonyl (C=O) groups is 1. The van der Waals surface area contributed by atoms with Gasteiger partial charge >= 0.3 is 0 Å². The first kappa shape index (κ1) is 16.3. The number of nitrogens with two attached hydrogens (primary N) is 1. The molecule has 1 atom stereocenters. The molecule has 0 fully saturated rings. The van der Waals surface area contributed by atoms with Crippen molar-refractivity contribution >= 4 is 11.5 Å². The molecule has 24 heavy (non-hydrogen) atoms. The second kappa shape index (κ2) is 6.91. The van der Waals surface area contributed by atoms with Crippen LogP contribution in [0.25, 0.3) is 5.57 Å². The van der Waals surface area contributed by atoms with E-state index in [1.165, 1.54) is 22.3 Å². The zero-order chi connectivity index (χ0) is 17.1. The molecule has 2 N–H and O–H groups in total. The van der Waals surface area contributed by atoms with Gasteiger partial charge in [0.15, 0.2) is 0 Å². The summed E-state index contributed by atoms with van der Waals surface area (Å²) in [6.45, 7) is 4.69. The van der Waals surface area contributed by atoms with Crippen LogP contribution in [0.5, 0.6) is 5.75 Å². The van der Waals surface area contributed by atoms with Gasteiger partial charge in [-0.25, -0.2) is 0 Å². The Bertz CT molecular complexity index is 778. The summed E-state index contributed by atoms with van der Waals surface area (Å²) in [4.78, 5) is 11.6. The van der Waals surface area contributed by atoms with Crippen molar-refractivity contribution in [3.63, 3.8) is 0 Å². The number of amides is 1. The monoisotopic (exact) mass is 321 g/mol. The van der Waals surface area contributed by atoms with E-state index in [1.807, 2.05) is 25.1 Å². The summed E-state index contributed by atoms with van der Waals surface area (Å²) >= 11 is 0. The number of fused-ring (bicyclic) bond motifs is 1. The highest BCUT2D eigenvalue weighted by atomic mass is 16.5. The van der Waals surface area contributed by atoms with E-state index in [9.17, 15) is 4.79 Å². The molecule has 1 amide bonds. The third-order valence-corrected chi connectivity index (χ3v) is 4.67. The lowest BCUT2D eigenvalue weighted by Crippen LogP contribution is -2.15. The first-order valence-corrected chi connectivity index (χ1v) is 8.39. The minimum absolute atomic E-state index is 0.0129. The van der Waals surface area contributed by atoms with Crippen LogP contribution in [-0.2, 0) is 11.2 Å². The van der Waals surface area contributed by atoms with E-state index in [4.69, 9.17) is 10.5 Å². The largest absolute Gasteiger partial charge is 0.494 e. The van der Waals surface area contributed by atoms with Gasteiger partial charge in [-0.3, -0.25) is 4.79 Å². The first-order chi connectivity index (χ1) is 11.6. The van der Waals surface area contributed by atoms with Crippen LogP contribution in [-0.4, -0.2) is 12.5 Å². The number of benzene rings is 2. The van der Waals surface area contributed by atoms with Crippen molar-refractivity contribution in [3.05, 3.63) is 70.8 Å². The average molecular weight is 321 g/mol. The Balaban J connectivity index is 2.07. The van der Waals surface area contributed by atoms with Crippen molar-refractivity contribution in [3.8, 4) is 5.75 Å². The lowest BCUT2D eigenvalue weighted by Gasteiger charge is -2.16. The van der Waals surface area contributed by atoms with Crippen LogP contribution in [0.4, 0.5) is 0 Å². The van der Waals surface area contributed by atoms with Crippen LogP contribution < -0.4 is 10.5 Å². The summed E-state index contributed by atoms with van der Waals surface area (Å²) in [5.74, 6) is 0.597. The van der Waals surface area contributed by atoms with Crippen molar-refractivity contribution in [2.75, 3.05) is 6.61 Å². The van der Waals surface area contributed by atoms with E-state index >= 15 is 0 Å². The molecule has 0 aliphatic heterocycles. The van der Waals surface area contributed by atoms with Gasteiger partial charge in [-0.1, -0.05) is 48.0 Å². The molecule has 3 heteroatoms. The quantitative estimate of drug-likeness (QED) is 0.872. The molecule has 0 saturated carbocycles. The maximum absolute atomic E-state index is 11.6. The lowest BCUT2D eigenvalue weighted by atomic mass is 9.92. The van der Waals surface area contributed by atoms with Gasteiger partial charge in [-0.2, -0.15) is 0 Å². The number of rotatable bonds is 6. The lowest BCUT2D eigenvalue weighted by molar-refractivity contribution is -0.118. The summed E-state index contributed by atoms with van der Waals surface area (Å²) in [6, 6.07) is 16.5. The van der Waals surface area contributed by atoms with Crippen LogP contribution in [0, 0.1) is 0 Å². The molecule has 0 aromatic heterocycles. The number of primary amides is 1. The molecule has 0 spiro atoms. The van der Waals surface area contributed by atoms with Crippen molar-refractivity contribution in [2.24, 2.45) is 5.73 Å². The summed E-state index contributed by atoms with van der Waals surface area (Å²) in [7, 11) is 0. The molecule has 0 heterocycles. The molecule has 1 aliphatic rings. The minimum atomic E-state index is -0.280. The van der Waals surface area contributed by atoms with Gasteiger partial charge in [0.25, 0.3) is 0 Å². The highest BCUT2D eigenvalue weighted by Crippen LogP contribution is 2.48. The third kappa shape index (κ3) is 3.07. The van der Waals surface area contributed by atoms with Crippen LogP contribution >= 0.6 is 0 Å². The standard InChI is InChI=1S/C21H23NO2/c1-3-24-19-11-7-10-16-17(12-15-8-5-4-6-9-15)14(2)18(21(16)19)13-20(22)23/h4-11,18H,3,12-13H2,1-2H3,(H2,22,23). The summed E-state index contributed by atoms with van der Waals surface area (Å²) in [6.07, 6.45) is 1.17. The fourth-order valence-electron chi connectivity index (χ4n) is 3.58. The van der Waals surface area contributed by atoms with Crippen molar-refractivity contribution < 1.29 is 9.53 Å². The Labute approximate surface area is 143 Å². The molecule has 1 aliphatic carbocycles. The van der Waals surface area contributed by atoms with Gasteiger partial charge < -0.3 is 10.5 Å². The number of ether oxygens (including phenoxy) is 1. The molecule has 1 unspecified atom stereocenters.